The minimum absolute atomic E-state index is 0.00442. The molecule has 0 spiro atoms. The molecule has 3 aromatic carbocycles. The average Bonchev–Trinajstić information content (AvgIpc) is 3.59. The molecule has 1 aliphatic heterocycles. The number of aromatic amines is 1. The summed E-state index contributed by atoms with van der Waals surface area (Å²) in [4.78, 5) is 52.1. The lowest BCUT2D eigenvalue weighted by Gasteiger charge is -2.19. The number of aliphatic hydroxyl groups is 3. The Labute approximate surface area is 330 Å². The lowest BCUT2D eigenvalue weighted by molar-refractivity contribution is -0.384. The number of nitrogens with one attached hydrogen (secondary N) is 2. The molecule has 0 aliphatic carbocycles. The van der Waals surface area contributed by atoms with Crippen molar-refractivity contribution in [1.82, 2.24) is 14.9 Å². The van der Waals surface area contributed by atoms with Crippen LogP contribution in [0.15, 0.2) is 90.8 Å². The maximum atomic E-state index is 12.4. The van der Waals surface area contributed by atoms with E-state index in [-0.39, 0.29) is 55.7 Å². The molecule has 0 saturated carbocycles. The van der Waals surface area contributed by atoms with Crippen LogP contribution in [0.25, 0.3) is 0 Å². The number of carbonyl (C=O) groups is 1. The number of aliphatic hydroxyl groups excluding tert-OH is 3. The number of nitrogens with zero attached hydrogens (tertiary/aromatic N) is 7. The Balaban J connectivity index is 0.00000248. The van der Waals surface area contributed by atoms with E-state index >= 15 is 0 Å². The van der Waals surface area contributed by atoms with Crippen molar-refractivity contribution in [2.24, 2.45) is 20.5 Å². The summed E-state index contributed by atoms with van der Waals surface area (Å²) in [6.07, 6.45) is -0.328. The van der Waals surface area contributed by atoms with E-state index < -0.39 is 34.6 Å². The van der Waals surface area contributed by atoms with Crippen molar-refractivity contribution in [1.29, 1.82) is 1.43 Å². The van der Waals surface area contributed by atoms with Gasteiger partial charge in [0.05, 0.1) is 47.3 Å². The van der Waals surface area contributed by atoms with Crippen molar-refractivity contribution < 1.29 is 31.1 Å². The van der Waals surface area contributed by atoms with Crippen LogP contribution >= 0.6 is 0 Å². The highest BCUT2D eigenvalue weighted by atomic mass is 16.6. The van der Waals surface area contributed by atoms with Crippen LogP contribution in [0.2, 0.25) is 0 Å². The number of hydrogen-bond acceptors (Lipinski definition) is 14. The fourth-order valence-electron chi connectivity index (χ4n) is 5.56. The van der Waals surface area contributed by atoms with Gasteiger partial charge in [0.25, 0.3) is 11.2 Å². The van der Waals surface area contributed by atoms with Gasteiger partial charge in [0.2, 0.25) is 7.34 Å². The number of anilines is 1. The standard InChI is InChI=1S/C38H41N9O8.CH4O/c1-23-9-14-30(33(17-23)47(53)54)42-43-31-19-27(22-48)32(18-24(31)2)44-41-28-10-12-29(13-11-28)45(4)16-6-8-35(50)39-15-5-7-26-21-46(38(52)40-37(26)51)36-20-34(49)25(3)55-36;1-2/h9-14,17-19,21,25,34,36,48-49H,6,8,15-16,20,22H2,1-4H3,(H,39,50)(H,40,51,52);2H,1H3/i3D;2T. The molecule has 3 unspecified atom stereocenters. The summed E-state index contributed by atoms with van der Waals surface area (Å²) >= 11 is 0. The number of aromatic nitrogens is 2. The van der Waals surface area contributed by atoms with E-state index in [1.165, 1.54) is 25.4 Å². The van der Waals surface area contributed by atoms with Gasteiger partial charge in [-0.1, -0.05) is 17.9 Å². The largest absolute Gasteiger partial charge is 0.400 e. The maximum absolute atomic E-state index is 12.4. The highest BCUT2D eigenvalue weighted by Crippen LogP contribution is 2.34. The summed E-state index contributed by atoms with van der Waals surface area (Å²) in [6, 6.07) is 15.3. The smallest absolute Gasteiger partial charge is 0.330 e. The van der Waals surface area contributed by atoms with Crippen molar-refractivity contribution in [2.45, 2.75) is 65.1 Å². The summed E-state index contributed by atoms with van der Waals surface area (Å²) in [5.41, 5.74) is 2.75. The van der Waals surface area contributed by atoms with E-state index in [2.05, 4.69) is 47.7 Å². The number of amides is 1. The van der Waals surface area contributed by atoms with Crippen molar-refractivity contribution in [2.75, 3.05) is 32.1 Å². The van der Waals surface area contributed by atoms with E-state index in [9.17, 15) is 34.7 Å². The lowest BCUT2D eigenvalue weighted by Crippen LogP contribution is -2.33. The zero-order chi connectivity index (χ0) is 43.1. The molecule has 1 aromatic heterocycles. The summed E-state index contributed by atoms with van der Waals surface area (Å²) in [5, 5.41) is 54.6. The molecule has 5 rings (SSSR count). The third-order valence-corrected chi connectivity index (χ3v) is 8.70. The molecule has 2 heterocycles. The third-order valence-electron chi connectivity index (χ3n) is 8.70. The van der Waals surface area contributed by atoms with Crippen molar-refractivity contribution in [3.8, 4) is 11.8 Å². The molecule has 1 saturated heterocycles. The molecule has 5 N–H and O–H groups in total. The molecule has 4 aromatic rings. The molecular weight excluding hydrogens is 738 g/mol. The first-order chi connectivity index (χ1) is 28.3. The van der Waals surface area contributed by atoms with E-state index in [4.69, 9.17) is 7.54 Å². The highest BCUT2D eigenvalue weighted by Gasteiger charge is 2.32. The van der Waals surface area contributed by atoms with Crippen LogP contribution in [0, 0.1) is 35.8 Å². The predicted molar refractivity (Wildman–Crippen MR) is 212 cm³/mol. The zero-order valence-corrected chi connectivity index (χ0v) is 31.8. The first-order valence-electron chi connectivity index (χ1n) is 18.8. The fraction of sp³-hybridized carbons (Fsp3) is 0.359. The second-order valence-electron chi connectivity index (χ2n) is 12.8. The van der Waals surface area contributed by atoms with Gasteiger partial charge in [0.1, 0.15) is 11.8 Å². The Kier molecular flexibility index (Phi) is 14.5. The van der Waals surface area contributed by atoms with Gasteiger partial charge in [-0.25, -0.2) is 4.79 Å². The molecular formula is C39H45N9O9. The van der Waals surface area contributed by atoms with Gasteiger partial charge in [-0.2, -0.15) is 15.3 Å². The predicted octanol–water partition coefficient (Wildman–Crippen LogP) is 5.05. The monoisotopic (exact) mass is 786 g/mol. The van der Waals surface area contributed by atoms with Crippen molar-refractivity contribution in [3.05, 3.63) is 114 Å². The van der Waals surface area contributed by atoms with Gasteiger partial charge in [0.15, 0.2) is 5.69 Å². The summed E-state index contributed by atoms with van der Waals surface area (Å²) < 4.78 is 19.8. The Morgan fingerprint density at radius 1 is 1.14 bits per heavy atom. The zero-order valence-electron chi connectivity index (χ0n) is 33.8. The van der Waals surface area contributed by atoms with Crippen LogP contribution < -0.4 is 21.5 Å². The highest BCUT2D eigenvalue weighted by molar-refractivity contribution is 5.76. The van der Waals surface area contributed by atoms with Gasteiger partial charge >= 0.3 is 5.69 Å². The van der Waals surface area contributed by atoms with Crippen LogP contribution in [0.1, 0.15) is 56.0 Å². The van der Waals surface area contributed by atoms with Gasteiger partial charge in [-0.3, -0.25) is 29.3 Å². The molecule has 1 amide bonds. The molecule has 3 atom stereocenters. The van der Waals surface area contributed by atoms with E-state index in [0.717, 1.165) is 15.8 Å². The quantitative estimate of drug-likeness (QED) is 0.0522. The number of nitro benzene ring substituents is 1. The molecule has 18 heteroatoms. The fourth-order valence-corrected chi connectivity index (χ4v) is 5.56. The Bertz CT molecular complexity index is 2340. The van der Waals surface area contributed by atoms with Crippen LogP contribution in [0.4, 0.5) is 34.1 Å². The second-order valence-corrected chi connectivity index (χ2v) is 12.8. The van der Waals surface area contributed by atoms with Crippen LogP contribution in [0.5, 0.6) is 0 Å². The minimum Gasteiger partial charge on any atom is -0.400 e. The third kappa shape index (κ3) is 11.8. The molecule has 18 nitrogen and oxygen atoms in total. The van der Waals surface area contributed by atoms with Gasteiger partial charge in [0, 0.05) is 58.4 Å². The van der Waals surface area contributed by atoms with Crippen LogP contribution in [-0.4, -0.2) is 76.6 Å². The lowest BCUT2D eigenvalue weighted by atomic mass is 10.1. The number of benzene rings is 3. The number of azo groups is 2. The van der Waals surface area contributed by atoms with Crippen molar-refractivity contribution >= 4 is 40.0 Å². The number of nitro groups is 1. The van der Waals surface area contributed by atoms with Gasteiger partial charge in [-0.15, -0.1) is 5.11 Å². The van der Waals surface area contributed by atoms with Gasteiger partial charge < -0.3 is 30.3 Å². The van der Waals surface area contributed by atoms with E-state index in [1.54, 1.807) is 44.2 Å². The average molecular weight is 787 g/mol. The first-order valence-corrected chi connectivity index (χ1v) is 17.7. The van der Waals surface area contributed by atoms with E-state index in [0.29, 0.717) is 41.2 Å². The summed E-state index contributed by atoms with van der Waals surface area (Å²) in [7, 11) is 3.19. The summed E-state index contributed by atoms with van der Waals surface area (Å²) in [6.45, 7) is 3.59. The number of hydrogen-bond donors (Lipinski definition) is 5. The SMILES string of the molecule is [2H]CC1OC(n2cc(C#CCNC(=O)CCCN(C)c3ccc(N=Nc4cc(C)c(N=Nc5ccc(C)cc5[N+](=O)[O-])cc4CO)cc3)c(=O)[nH]c2=O)CC1O.[3H]OC. The van der Waals surface area contributed by atoms with Crippen molar-refractivity contribution in [3.63, 3.8) is 0 Å². The van der Waals surface area contributed by atoms with Crippen LogP contribution in [0.3, 0.4) is 0 Å². The normalized spacial score (nSPS) is 16.6. The molecule has 1 aliphatic rings. The van der Waals surface area contributed by atoms with Crippen LogP contribution in [-0.2, 0) is 16.1 Å². The molecule has 300 valence electrons. The number of aryl methyl sites for hydroxylation is 2. The number of H-pyrrole nitrogens is 1. The Morgan fingerprint density at radius 2 is 1.86 bits per heavy atom. The maximum Gasteiger partial charge on any atom is 0.330 e. The second kappa shape index (κ2) is 20.5. The number of carbonyl (C=O) groups excluding carboxylic acids is 1. The number of ether oxygens (including phenoxy) is 1. The molecule has 0 radical (unpaired) electrons. The molecule has 57 heavy (non-hydrogen) atoms. The van der Waals surface area contributed by atoms with E-state index in [1.807, 2.05) is 24.1 Å². The Morgan fingerprint density at radius 3 is 2.54 bits per heavy atom. The molecule has 0 bridgehead atoms. The summed E-state index contributed by atoms with van der Waals surface area (Å²) in [5.74, 6) is 5.15. The molecule has 1 fully saturated rings. The Hall–Kier alpha value is -6.39. The van der Waals surface area contributed by atoms with Gasteiger partial charge in [-0.05, 0) is 80.8 Å². The number of rotatable bonds is 13. The minimum atomic E-state index is -0.900. The topological polar surface area (TPSA) is 250 Å². The first kappa shape index (κ1) is 40.3.